The van der Waals surface area contributed by atoms with Gasteiger partial charge in [-0.25, -0.2) is 23.6 Å². The monoisotopic (exact) mass is 489 g/mol. The molecule has 33 heavy (non-hydrogen) atoms. The van der Waals surface area contributed by atoms with Crippen LogP contribution in [-0.4, -0.2) is 7.11 Å². The Hall–Kier alpha value is -2.91. The maximum atomic E-state index is 8.49. The summed E-state index contributed by atoms with van der Waals surface area (Å²) < 4.78 is 45.6. The van der Waals surface area contributed by atoms with Crippen LogP contribution in [0.2, 0.25) is 5.02 Å². The number of hydrogen-bond acceptors (Lipinski definition) is 6. The van der Waals surface area contributed by atoms with Crippen LogP contribution in [0.4, 0.5) is 5.69 Å². The first-order valence-electron chi connectivity index (χ1n) is 9.71. The van der Waals surface area contributed by atoms with Gasteiger partial charge in [0.2, 0.25) is 11.0 Å². The average Bonchev–Trinajstić information content (AvgIpc) is 2.74. The maximum absolute atomic E-state index is 8.49. The first-order valence-corrected chi connectivity index (χ1v) is 11.3. The van der Waals surface area contributed by atoms with Crippen LogP contribution in [0.15, 0.2) is 71.1 Å². The van der Waals surface area contributed by atoms with Crippen LogP contribution >= 0.6 is 11.6 Å². The van der Waals surface area contributed by atoms with Gasteiger partial charge >= 0.3 is 0 Å². The molecule has 1 heterocycles. The Balaban J connectivity index is 0.000000555. The summed E-state index contributed by atoms with van der Waals surface area (Å²) in [5.41, 5.74) is 5.06. The van der Waals surface area contributed by atoms with E-state index in [2.05, 4.69) is 37.0 Å². The van der Waals surface area contributed by atoms with E-state index < -0.39 is 10.2 Å². The van der Waals surface area contributed by atoms with Crippen molar-refractivity contribution in [2.45, 2.75) is 13.8 Å². The molecule has 7 nitrogen and oxygen atoms in total. The molecule has 0 saturated heterocycles. The van der Waals surface area contributed by atoms with Gasteiger partial charge in [0.15, 0.2) is 0 Å². The number of aryl methyl sites for hydroxylation is 2. The molecule has 0 atom stereocenters. The van der Waals surface area contributed by atoms with E-state index in [-0.39, 0.29) is 0 Å². The third-order valence-corrected chi connectivity index (χ3v) is 5.09. The van der Waals surface area contributed by atoms with Crippen molar-refractivity contribution in [3.63, 3.8) is 0 Å². The first kappa shape index (κ1) is 24.7. The molecule has 172 valence electrons. The predicted molar refractivity (Wildman–Crippen MR) is 113 cm³/mol. The number of ether oxygens (including phenoxy) is 1. The van der Waals surface area contributed by atoms with Gasteiger partial charge in [0.05, 0.1) is 23.6 Å². The summed E-state index contributed by atoms with van der Waals surface area (Å²) >= 11 is 6.41. The van der Waals surface area contributed by atoms with Gasteiger partial charge in [-0.15, -0.1) is 10.2 Å². The molecule has 0 aliphatic carbocycles. The zero-order valence-corrected chi connectivity index (χ0v) is 19.6. The number of rotatable bonds is 3. The normalized spacial score (nSPS) is 11.8. The number of benzene rings is 3. The van der Waals surface area contributed by atoms with Crippen LogP contribution in [0.3, 0.4) is 0 Å². The quantitative estimate of drug-likeness (QED) is 0.429. The summed E-state index contributed by atoms with van der Waals surface area (Å²) in [4.78, 5) is 3.56. The molecule has 0 aliphatic heterocycles. The maximum Gasteiger partial charge on any atom is 0.218 e. The van der Waals surface area contributed by atoms with E-state index >= 15 is 0 Å². The minimum absolute atomic E-state index is 0.650. The van der Waals surface area contributed by atoms with Crippen molar-refractivity contribution in [1.29, 1.82) is 0 Å². The smallest absolute Gasteiger partial charge is 0.218 e. The summed E-state index contributed by atoms with van der Waals surface area (Å²) in [7, 11) is -3.28. The van der Waals surface area contributed by atoms with E-state index in [1.807, 2.05) is 48.5 Å². The second kappa shape index (κ2) is 10.4. The summed E-state index contributed by atoms with van der Waals surface area (Å²) in [5, 5.41) is 2.52. The fourth-order valence-corrected chi connectivity index (χ4v) is 3.52. The van der Waals surface area contributed by atoms with Crippen LogP contribution in [0, 0.1) is 24.1 Å². The molecule has 1 aromatic heterocycles. The predicted octanol–water partition coefficient (Wildman–Crippen LogP) is -0.0644. The third kappa shape index (κ3) is 6.79. The number of methoxy groups -OCH3 is 1. The fourth-order valence-electron chi connectivity index (χ4n) is 3.29. The summed E-state index contributed by atoms with van der Waals surface area (Å²) in [6, 6.07) is 21.8. The van der Waals surface area contributed by atoms with Crippen LogP contribution < -0.4 is 33.7 Å². The van der Waals surface area contributed by atoms with E-state index in [1.54, 1.807) is 7.11 Å². The number of halogens is 2. The van der Waals surface area contributed by atoms with Gasteiger partial charge in [0.1, 0.15) is 17.1 Å². The molecule has 0 saturated carbocycles. The Morgan fingerprint density at radius 3 is 2.24 bits per heavy atom. The summed E-state index contributed by atoms with van der Waals surface area (Å²) in [5.74, 6) is 1.48. The van der Waals surface area contributed by atoms with Crippen molar-refractivity contribution in [2.24, 2.45) is 0 Å². The summed E-state index contributed by atoms with van der Waals surface area (Å²) in [6.07, 6.45) is 0. The van der Waals surface area contributed by atoms with Crippen molar-refractivity contribution in [1.82, 2.24) is 0 Å². The van der Waals surface area contributed by atoms with Crippen molar-refractivity contribution in [3.8, 4) is 17.1 Å². The lowest BCUT2D eigenvalue weighted by molar-refractivity contribution is -2.00. The number of fused-ring (bicyclic) bond motifs is 1. The molecule has 0 amide bonds. The van der Waals surface area contributed by atoms with Gasteiger partial charge in [-0.1, -0.05) is 35.4 Å². The number of nitrogens with one attached hydrogen (secondary N) is 1. The second-order valence-corrected chi connectivity index (χ2v) is 8.35. The fraction of sp³-hybridized carbons (Fsp3) is 0.125. The van der Waals surface area contributed by atoms with Crippen LogP contribution in [0.5, 0.6) is 5.75 Å². The molecule has 4 aromatic rings. The topological polar surface area (TPSA) is 129 Å². The SMILES string of the molecule is COc1ccc2oc(-c3ccccc3Cl)cc(=[NH+]c3ccc(C)cc3C)c2c1.[O-][Cl+3]([O-])([O-])[O-]. The molecule has 0 spiro atoms. The molecule has 1 N–H and O–H groups in total. The van der Waals surface area contributed by atoms with Crippen LogP contribution in [0.1, 0.15) is 11.1 Å². The highest BCUT2D eigenvalue weighted by atomic mass is 35.7. The minimum Gasteiger partial charge on any atom is -0.497 e. The number of hydrogen-bond donors (Lipinski definition) is 1. The van der Waals surface area contributed by atoms with Crippen molar-refractivity contribution in [2.75, 3.05) is 7.11 Å². The minimum atomic E-state index is -4.94. The Kier molecular flexibility index (Phi) is 7.76. The highest BCUT2D eigenvalue weighted by molar-refractivity contribution is 6.33. The Labute approximate surface area is 197 Å². The van der Waals surface area contributed by atoms with Gasteiger partial charge in [-0.05, 0) is 50.2 Å². The largest absolute Gasteiger partial charge is 0.497 e. The van der Waals surface area contributed by atoms with Gasteiger partial charge in [0, 0.05) is 17.2 Å². The van der Waals surface area contributed by atoms with E-state index in [0.29, 0.717) is 10.8 Å². The van der Waals surface area contributed by atoms with E-state index in [0.717, 1.165) is 33.3 Å². The molecule has 0 aliphatic rings. The van der Waals surface area contributed by atoms with Gasteiger partial charge < -0.3 is 9.15 Å². The zero-order valence-electron chi connectivity index (χ0n) is 18.1. The van der Waals surface area contributed by atoms with E-state index in [9.17, 15) is 0 Å². The van der Waals surface area contributed by atoms with Crippen LogP contribution in [0.25, 0.3) is 22.3 Å². The molecule has 3 aromatic carbocycles. The molecule has 0 radical (unpaired) electrons. The van der Waals surface area contributed by atoms with Gasteiger partial charge in [-0.2, -0.15) is 0 Å². The lowest BCUT2D eigenvalue weighted by atomic mass is 10.1. The molecule has 9 heteroatoms. The third-order valence-electron chi connectivity index (χ3n) is 4.76. The second-order valence-electron chi connectivity index (χ2n) is 7.19. The van der Waals surface area contributed by atoms with Crippen molar-refractivity contribution < 1.29 is 43.0 Å². The van der Waals surface area contributed by atoms with E-state index in [1.165, 1.54) is 11.1 Å². The van der Waals surface area contributed by atoms with Crippen molar-refractivity contribution in [3.05, 3.63) is 88.2 Å². The Morgan fingerprint density at radius 1 is 0.909 bits per heavy atom. The Bertz CT molecular complexity index is 1340. The lowest BCUT2D eigenvalue weighted by Crippen LogP contribution is -2.70. The molecule has 0 bridgehead atoms. The molecule has 4 rings (SSSR count). The standard InChI is InChI=1S/C24H20ClNO2.ClHO4/c1-15-8-10-21(16(2)12-15)26-22-14-24(18-6-4-5-7-20(18)25)28-23-11-9-17(27-3)13-19(22)23;2-1(3,4)5/h4-14H,1-3H3;(H,2,3,4,5). The first-order chi connectivity index (χ1) is 15.5. The van der Waals surface area contributed by atoms with E-state index in [4.69, 9.17) is 39.4 Å². The zero-order chi connectivity index (χ0) is 24.2. The Morgan fingerprint density at radius 2 is 1.61 bits per heavy atom. The molecule has 0 unspecified atom stereocenters. The van der Waals surface area contributed by atoms with Gasteiger partial charge in [0.25, 0.3) is 0 Å². The molecular formula is C24H21Cl2NO6. The highest BCUT2D eigenvalue weighted by Crippen LogP contribution is 2.29. The summed E-state index contributed by atoms with van der Waals surface area (Å²) in [6.45, 7) is 4.19. The molecule has 0 fully saturated rings. The van der Waals surface area contributed by atoms with Gasteiger partial charge in [-0.3, -0.25) is 0 Å². The van der Waals surface area contributed by atoms with Crippen molar-refractivity contribution >= 4 is 28.3 Å². The highest BCUT2D eigenvalue weighted by Gasteiger charge is 2.13. The lowest BCUT2D eigenvalue weighted by Gasteiger charge is -2.17. The average molecular weight is 490 g/mol. The molecular weight excluding hydrogens is 469 g/mol. The van der Waals surface area contributed by atoms with Crippen LogP contribution in [-0.2, 0) is 0 Å².